The first-order valence-corrected chi connectivity index (χ1v) is 6.46. The maximum Gasteiger partial charge on any atom is 0.272 e. The highest BCUT2D eigenvalue weighted by Crippen LogP contribution is 2.25. The lowest BCUT2D eigenvalue weighted by atomic mass is 10.1. The molecule has 0 bridgehead atoms. The van der Waals surface area contributed by atoms with Crippen LogP contribution < -0.4 is 20.9 Å². The third kappa shape index (κ3) is 2.51. The SMILES string of the molecule is CCCCOc1c(NC2CCCC2)c(=O)c1=O. The van der Waals surface area contributed by atoms with Crippen LogP contribution in [0.5, 0.6) is 5.75 Å². The summed E-state index contributed by atoms with van der Waals surface area (Å²) in [5.41, 5.74) is -0.469. The molecule has 0 aromatic heterocycles. The summed E-state index contributed by atoms with van der Waals surface area (Å²) in [7, 11) is 0. The minimum Gasteiger partial charge on any atom is -0.487 e. The van der Waals surface area contributed by atoms with E-state index in [1.54, 1.807) is 0 Å². The number of hydrogen-bond donors (Lipinski definition) is 1. The average molecular weight is 237 g/mol. The minimum atomic E-state index is -0.471. The predicted octanol–water partition coefficient (Wildman–Crippen LogP) is 1.82. The zero-order chi connectivity index (χ0) is 12.3. The van der Waals surface area contributed by atoms with Gasteiger partial charge in [-0.1, -0.05) is 26.2 Å². The molecule has 0 saturated heterocycles. The lowest BCUT2D eigenvalue weighted by Crippen LogP contribution is -2.37. The Bertz CT molecular complexity index is 439. The Kier molecular flexibility index (Phi) is 3.82. The summed E-state index contributed by atoms with van der Waals surface area (Å²) in [6.07, 6.45) is 6.46. The number of nitrogens with one attached hydrogen (secondary N) is 1. The summed E-state index contributed by atoms with van der Waals surface area (Å²) >= 11 is 0. The van der Waals surface area contributed by atoms with Gasteiger partial charge in [-0.3, -0.25) is 9.59 Å². The predicted molar refractivity (Wildman–Crippen MR) is 67.6 cm³/mol. The standard InChI is InChI=1S/C13H19NO3/c1-2-3-8-17-13-10(11(15)12(13)16)14-9-6-4-5-7-9/h9,14H,2-8H2,1H3. The number of ether oxygens (including phenoxy) is 1. The third-order valence-electron chi connectivity index (χ3n) is 3.31. The van der Waals surface area contributed by atoms with Gasteiger partial charge in [0.05, 0.1) is 6.61 Å². The van der Waals surface area contributed by atoms with E-state index in [9.17, 15) is 9.59 Å². The van der Waals surface area contributed by atoms with E-state index in [2.05, 4.69) is 12.2 Å². The van der Waals surface area contributed by atoms with Crippen LogP contribution in [0.2, 0.25) is 0 Å². The minimum absolute atomic E-state index is 0.260. The van der Waals surface area contributed by atoms with Gasteiger partial charge in [-0.05, 0) is 19.3 Å². The zero-order valence-corrected chi connectivity index (χ0v) is 10.3. The first-order chi connectivity index (χ1) is 8.24. The van der Waals surface area contributed by atoms with Crippen molar-refractivity contribution >= 4 is 5.69 Å². The molecule has 17 heavy (non-hydrogen) atoms. The lowest BCUT2D eigenvalue weighted by Gasteiger charge is -2.17. The van der Waals surface area contributed by atoms with Crippen LogP contribution in [0.3, 0.4) is 0 Å². The molecule has 0 amide bonds. The molecule has 0 atom stereocenters. The summed E-state index contributed by atoms with van der Waals surface area (Å²) in [4.78, 5) is 22.8. The fraction of sp³-hybridized carbons (Fsp3) is 0.692. The van der Waals surface area contributed by atoms with Crippen LogP contribution in [0.25, 0.3) is 0 Å². The Morgan fingerprint density at radius 3 is 2.59 bits per heavy atom. The first-order valence-electron chi connectivity index (χ1n) is 6.46. The van der Waals surface area contributed by atoms with E-state index < -0.39 is 10.9 Å². The van der Waals surface area contributed by atoms with Gasteiger partial charge in [0, 0.05) is 6.04 Å². The Labute approximate surface area is 101 Å². The molecule has 4 heteroatoms. The van der Waals surface area contributed by atoms with E-state index >= 15 is 0 Å². The van der Waals surface area contributed by atoms with Gasteiger partial charge >= 0.3 is 0 Å². The van der Waals surface area contributed by atoms with Crippen molar-refractivity contribution in [3.63, 3.8) is 0 Å². The first kappa shape index (κ1) is 12.1. The van der Waals surface area contributed by atoms with Crippen LogP contribution >= 0.6 is 0 Å². The van der Waals surface area contributed by atoms with Gasteiger partial charge in [-0.25, -0.2) is 0 Å². The van der Waals surface area contributed by atoms with E-state index in [0.717, 1.165) is 25.7 Å². The Hall–Kier alpha value is -1.32. The van der Waals surface area contributed by atoms with Gasteiger partial charge in [-0.2, -0.15) is 0 Å². The maximum atomic E-state index is 11.4. The second kappa shape index (κ2) is 5.34. The molecule has 1 aromatic carbocycles. The number of anilines is 1. The van der Waals surface area contributed by atoms with E-state index in [4.69, 9.17) is 4.74 Å². The van der Waals surface area contributed by atoms with Crippen LogP contribution in [0.1, 0.15) is 45.4 Å². The molecule has 94 valence electrons. The highest BCUT2D eigenvalue weighted by molar-refractivity contribution is 5.62. The number of hydrogen-bond acceptors (Lipinski definition) is 4. The normalized spacial score (nSPS) is 16.5. The molecule has 0 heterocycles. The van der Waals surface area contributed by atoms with Crippen molar-refractivity contribution in [2.75, 3.05) is 11.9 Å². The second-order valence-corrected chi connectivity index (χ2v) is 4.69. The number of rotatable bonds is 6. The van der Waals surface area contributed by atoms with Crippen LogP contribution in [0.15, 0.2) is 9.59 Å². The van der Waals surface area contributed by atoms with E-state index in [1.165, 1.54) is 12.8 Å². The van der Waals surface area contributed by atoms with Gasteiger partial charge in [0.25, 0.3) is 10.9 Å². The van der Waals surface area contributed by atoms with Gasteiger partial charge < -0.3 is 10.1 Å². The van der Waals surface area contributed by atoms with Crippen LogP contribution in [0.4, 0.5) is 5.69 Å². The lowest BCUT2D eigenvalue weighted by molar-refractivity contribution is 0.304. The molecular weight excluding hydrogens is 218 g/mol. The van der Waals surface area contributed by atoms with Crippen molar-refractivity contribution in [2.45, 2.75) is 51.5 Å². The van der Waals surface area contributed by atoms with Gasteiger partial charge in [-0.15, -0.1) is 0 Å². The summed E-state index contributed by atoms with van der Waals surface area (Å²) in [6.45, 7) is 2.57. The second-order valence-electron chi connectivity index (χ2n) is 4.69. The molecule has 1 aliphatic rings. The Balaban J connectivity index is 1.98. The average Bonchev–Trinajstić information content (AvgIpc) is 2.85. The molecule has 1 fully saturated rings. The quantitative estimate of drug-likeness (QED) is 0.605. The molecule has 0 aliphatic heterocycles. The molecule has 1 N–H and O–H groups in total. The van der Waals surface area contributed by atoms with Crippen LogP contribution in [-0.4, -0.2) is 12.6 Å². The molecule has 4 nitrogen and oxygen atoms in total. The molecule has 0 unspecified atom stereocenters. The van der Waals surface area contributed by atoms with Gasteiger partial charge in [0.1, 0.15) is 5.69 Å². The molecular formula is C13H19NO3. The van der Waals surface area contributed by atoms with Crippen molar-refractivity contribution in [3.8, 4) is 5.75 Å². The van der Waals surface area contributed by atoms with Crippen LogP contribution in [-0.2, 0) is 0 Å². The Morgan fingerprint density at radius 2 is 1.94 bits per heavy atom. The largest absolute Gasteiger partial charge is 0.487 e. The zero-order valence-electron chi connectivity index (χ0n) is 10.3. The number of unbranched alkanes of at least 4 members (excludes halogenated alkanes) is 1. The molecule has 1 saturated carbocycles. The van der Waals surface area contributed by atoms with E-state index in [1.807, 2.05) is 0 Å². The van der Waals surface area contributed by atoms with Crippen molar-refractivity contribution in [2.24, 2.45) is 0 Å². The fourth-order valence-corrected chi connectivity index (χ4v) is 2.23. The highest BCUT2D eigenvalue weighted by atomic mass is 16.5. The smallest absolute Gasteiger partial charge is 0.272 e. The molecule has 0 radical (unpaired) electrons. The molecule has 1 aromatic rings. The van der Waals surface area contributed by atoms with Crippen molar-refractivity contribution in [3.05, 3.63) is 20.4 Å². The third-order valence-corrected chi connectivity index (χ3v) is 3.31. The maximum absolute atomic E-state index is 11.4. The summed E-state index contributed by atoms with van der Waals surface area (Å²) < 4.78 is 5.37. The van der Waals surface area contributed by atoms with Crippen molar-refractivity contribution < 1.29 is 4.74 Å². The van der Waals surface area contributed by atoms with Gasteiger partial charge in [0.2, 0.25) is 0 Å². The molecule has 1 aliphatic carbocycles. The topological polar surface area (TPSA) is 55.4 Å². The fourth-order valence-electron chi connectivity index (χ4n) is 2.23. The monoisotopic (exact) mass is 237 g/mol. The summed E-state index contributed by atoms with van der Waals surface area (Å²) in [5, 5.41) is 3.16. The summed E-state index contributed by atoms with van der Waals surface area (Å²) in [6, 6.07) is 0.340. The summed E-state index contributed by atoms with van der Waals surface area (Å²) in [5.74, 6) is 0.260. The van der Waals surface area contributed by atoms with E-state index in [-0.39, 0.29) is 5.75 Å². The Morgan fingerprint density at radius 1 is 1.24 bits per heavy atom. The van der Waals surface area contributed by atoms with Gasteiger partial charge in [0.15, 0.2) is 5.75 Å². The molecule has 2 rings (SSSR count). The van der Waals surface area contributed by atoms with E-state index in [0.29, 0.717) is 18.3 Å². The van der Waals surface area contributed by atoms with Crippen molar-refractivity contribution in [1.82, 2.24) is 0 Å². The van der Waals surface area contributed by atoms with Crippen LogP contribution in [0, 0.1) is 0 Å². The van der Waals surface area contributed by atoms with Crippen molar-refractivity contribution in [1.29, 1.82) is 0 Å². The highest BCUT2D eigenvalue weighted by Gasteiger charge is 2.25. The molecule has 0 spiro atoms.